The van der Waals surface area contributed by atoms with Gasteiger partial charge in [-0.2, -0.15) is 0 Å². The van der Waals surface area contributed by atoms with Crippen LogP contribution >= 0.6 is 0 Å². The second-order valence-electron chi connectivity index (χ2n) is 5.77. The Bertz CT molecular complexity index is 924. The van der Waals surface area contributed by atoms with Crippen LogP contribution in [0.1, 0.15) is 37.5 Å². The number of hydrogen-bond donors (Lipinski definition) is 2. The molecule has 24 heavy (non-hydrogen) atoms. The van der Waals surface area contributed by atoms with Gasteiger partial charge in [-0.3, -0.25) is 4.79 Å². The Balaban J connectivity index is 1.72. The van der Waals surface area contributed by atoms with Crippen molar-refractivity contribution in [1.82, 2.24) is 4.98 Å². The normalized spacial score (nSPS) is 10.8. The van der Waals surface area contributed by atoms with E-state index in [1.54, 1.807) is 30.3 Å². The van der Waals surface area contributed by atoms with E-state index < -0.39 is 5.91 Å². The standard InChI is InChI=1S/C19H18N2O3/c1-11-12(2)21-17-8-7-15(9-16(11)17)19(23)24-10-13-3-5-14(6-4-13)18(20)22/h3-9,21H,10H2,1-2H3,(H2,20,22). The molecule has 1 heterocycles. The zero-order chi connectivity index (χ0) is 17.3. The maximum absolute atomic E-state index is 12.2. The molecule has 0 unspecified atom stereocenters. The Morgan fingerprint density at radius 3 is 2.38 bits per heavy atom. The molecule has 2 aromatic carbocycles. The molecule has 5 heteroatoms. The lowest BCUT2D eigenvalue weighted by Crippen LogP contribution is -2.11. The van der Waals surface area contributed by atoms with Crippen molar-refractivity contribution in [3.8, 4) is 0 Å². The Labute approximate surface area is 139 Å². The summed E-state index contributed by atoms with van der Waals surface area (Å²) in [5.41, 5.74) is 10.1. The molecule has 0 spiro atoms. The van der Waals surface area contributed by atoms with Gasteiger partial charge in [-0.05, 0) is 55.3 Å². The quantitative estimate of drug-likeness (QED) is 0.723. The van der Waals surface area contributed by atoms with Crippen molar-refractivity contribution < 1.29 is 14.3 Å². The Morgan fingerprint density at radius 1 is 1.04 bits per heavy atom. The van der Waals surface area contributed by atoms with Gasteiger partial charge in [-0.25, -0.2) is 4.79 Å². The number of aromatic amines is 1. The summed E-state index contributed by atoms with van der Waals surface area (Å²) in [7, 11) is 0. The molecule has 3 rings (SSSR count). The number of rotatable bonds is 4. The van der Waals surface area contributed by atoms with E-state index >= 15 is 0 Å². The van der Waals surface area contributed by atoms with Crippen molar-refractivity contribution in [1.29, 1.82) is 0 Å². The van der Waals surface area contributed by atoms with E-state index in [1.807, 2.05) is 26.0 Å². The Morgan fingerprint density at radius 2 is 1.71 bits per heavy atom. The number of amides is 1. The van der Waals surface area contributed by atoms with Crippen molar-refractivity contribution in [2.75, 3.05) is 0 Å². The Kier molecular flexibility index (Phi) is 4.08. The fraction of sp³-hybridized carbons (Fsp3) is 0.158. The van der Waals surface area contributed by atoms with Crippen molar-refractivity contribution in [2.45, 2.75) is 20.5 Å². The molecule has 0 saturated heterocycles. The van der Waals surface area contributed by atoms with Crippen molar-refractivity contribution in [2.24, 2.45) is 5.73 Å². The van der Waals surface area contributed by atoms with Gasteiger partial charge in [0, 0.05) is 22.2 Å². The molecule has 0 bridgehead atoms. The van der Waals surface area contributed by atoms with Crippen LogP contribution in [0.4, 0.5) is 0 Å². The highest BCUT2D eigenvalue weighted by Gasteiger charge is 2.11. The minimum Gasteiger partial charge on any atom is -0.457 e. The highest BCUT2D eigenvalue weighted by molar-refractivity contribution is 5.96. The molecule has 1 amide bonds. The highest BCUT2D eigenvalue weighted by atomic mass is 16.5. The summed E-state index contributed by atoms with van der Waals surface area (Å²) in [6.07, 6.45) is 0. The molecule has 3 aromatic rings. The maximum Gasteiger partial charge on any atom is 0.338 e. The van der Waals surface area contributed by atoms with Crippen LogP contribution in [-0.2, 0) is 11.3 Å². The van der Waals surface area contributed by atoms with Crippen LogP contribution in [0.2, 0.25) is 0 Å². The second-order valence-corrected chi connectivity index (χ2v) is 5.77. The number of ether oxygens (including phenoxy) is 1. The third kappa shape index (κ3) is 3.01. The largest absolute Gasteiger partial charge is 0.457 e. The molecule has 0 atom stereocenters. The number of carbonyl (C=O) groups excluding carboxylic acids is 2. The molecule has 0 aliphatic heterocycles. The van der Waals surface area contributed by atoms with Gasteiger partial charge in [-0.1, -0.05) is 12.1 Å². The lowest BCUT2D eigenvalue weighted by molar-refractivity contribution is 0.0472. The number of primary amides is 1. The molecule has 0 aliphatic rings. The number of hydrogen-bond acceptors (Lipinski definition) is 3. The molecule has 0 fully saturated rings. The minimum atomic E-state index is -0.482. The number of benzene rings is 2. The number of nitrogens with one attached hydrogen (secondary N) is 1. The zero-order valence-electron chi connectivity index (χ0n) is 13.6. The van der Waals surface area contributed by atoms with E-state index in [-0.39, 0.29) is 12.6 Å². The summed E-state index contributed by atoms with van der Waals surface area (Å²) in [5.74, 6) is -0.863. The number of aromatic nitrogens is 1. The van der Waals surface area contributed by atoms with E-state index in [4.69, 9.17) is 10.5 Å². The molecule has 3 N–H and O–H groups in total. The van der Waals surface area contributed by atoms with Gasteiger partial charge in [0.2, 0.25) is 5.91 Å². The van der Waals surface area contributed by atoms with Crippen molar-refractivity contribution in [3.63, 3.8) is 0 Å². The minimum absolute atomic E-state index is 0.140. The number of esters is 1. The molecule has 1 aromatic heterocycles. The van der Waals surface area contributed by atoms with Gasteiger partial charge in [0.25, 0.3) is 0 Å². The first-order valence-electron chi connectivity index (χ1n) is 7.60. The highest BCUT2D eigenvalue weighted by Crippen LogP contribution is 2.23. The summed E-state index contributed by atoms with van der Waals surface area (Å²) in [6.45, 7) is 4.16. The van der Waals surface area contributed by atoms with Crippen LogP contribution < -0.4 is 5.73 Å². The smallest absolute Gasteiger partial charge is 0.338 e. The van der Waals surface area contributed by atoms with Gasteiger partial charge in [0.1, 0.15) is 6.61 Å². The van der Waals surface area contributed by atoms with Crippen molar-refractivity contribution in [3.05, 3.63) is 70.4 Å². The van der Waals surface area contributed by atoms with E-state index in [9.17, 15) is 9.59 Å². The molecule has 0 radical (unpaired) electrons. The monoisotopic (exact) mass is 322 g/mol. The van der Waals surface area contributed by atoms with Gasteiger partial charge >= 0.3 is 5.97 Å². The Hall–Kier alpha value is -3.08. The number of aryl methyl sites for hydroxylation is 2. The second kappa shape index (κ2) is 6.20. The summed E-state index contributed by atoms with van der Waals surface area (Å²) in [6, 6.07) is 12.1. The SMILES string of the molecule is Cc1[nH]c2ccc(C(=O)OCc3ccc(C(N)=O)cc3)cc2c1C. The van der Waals surface area contributed by atoms with Crippen LogP contribution in [0, 0.1) is 13.8 Å². The first-order valence-corrected chi connectivity index (χ1v) is 7.60. The summed E-state index contributed by atoms with van der Waals surface area (Å²) in [5, 5.41) is 1.02. The average Bonchev–Trinajstić information content (AvgIpc) is 2.87. The van der Waals surface area contributed by atoms with Crippen molar-refractivity contribution >= 4 is 22.8 Å². The van der Waals surface area contributed by atoms with Gasteiger partial charge in [-0.15, -0.1) is 0 Å². The summed E-state index contributed by atoms with van der Waals surface area (Å²) >= 11 is 0. The van der Waals surface area contributed by atoms with E-state index in [1.165, 1.54) is 0 Å². The van der Waals surface area contributed by atoms with Gasteiger partial charge < -0.3 is 15.5 Å². The molecule has 0 aliphatic carbocycles. The van der Waals surface area contributed by atoms with E-state index in [0.717, 1.165) is 27.7 Å². The molecule has 122 valence electrons. The topological polar surface area (TPSA) is 85.2 Å². The van der Waals surface area contributed by atoms with E-state index in [2.05, 4.69) is 4.98 Å². The van der Waals surface area contributed by atoms with Gasteiger partial charge in [0.05, 0.1) is 5.56 Å². The first kappa shape index (κ1) is 15.8. The van der Waals surface area contributed by atoms with Crippen LogP contribution in [-0.4, -0.2) is 16.9 Å². The fourth-order valence-corrected chi connectivity index (χ4v) is 2.59. The zero-order valence-corrected chi connectivity index (χ0v) is 13.6. The summed E-state index contributed by atoms with van der Waals surface area (Å²) < 4.78 is 5.34. The molecule has 0 saturated carbocycles. The lowest BCUT2D eigenvalue weighted by Gasteiger charge is -2.06. The summed E-state index contributed by atoms with van der Waals surface area (Å²) in [4.78, 5) is 26.6. The third-order valence-electron chi connectivity index (χ3n) is 4.15. The first-order chi connectivity index (χ1) is 11.5. The number of nitrogens with two attached hydrogens (primary N) is 1. The van der Waals surface area contributed by atoms with Crippen LogP contribution in [0.25, 0.3) is 10.9 Å². The number of fused-ring (bicyclic) bond motifs is 1. The lowest BCUT2D eigenvalue weighted by atomic mass is 10.1. The van der Waals surface area contributed by atoms with E-state index in [0.29, 0.717) is 11.1 Å². The number of H-pyrrole nitrogens is 1. The average molecular weight is 322 g/mol. The predicted octanol–water partition coefficient (Wildman–Crippen LogP) is 3.24. The van der Waals surface area contributed by atoms with Crippen LogP contribution in [0.3, 0.4) is 0 Å². The number of carbonyl (C=O) groups is 2. The molecular formula is C19H18N2O3. The fourth-order valence-electron chi connectivity index (χ4n) is 2.59. The molecule has 5 nitrogen and oxygen atoms in total. The molecular weight excluding hydrogens is 304 g/mol. The maximum atomic E-state index is 12.2. The third-order valence-corrected chi connectivity index (χ3v) is 4.15. The van der Waals surface area contributed by atoms with Crippen LogP contribution in [0.15, 0.2) is 42.5 Å². The van der Waals surface area contributed by atoms with Gasteiger partial charge in [0.15, 0.2) is 0 Å². The van der Waals surface area contributed by atoms with Crippen LogP contribution in [0.5, 0.6) is 0 Å². The predicted molar refractivity (Wildman–Crippen MR) is 91.9 cm³/mol.